The fourth-order valence-electron chi connectivity index (χ4n) is 1.83. The number of aryl methyl sites for hydroxylation is 1. The molecule has 0 aliphatic rings. The lowest BCUT2D eigenvalue weighted by atomic mass is 10.1. The molecular formula is C13H23N3. The maximum atomic E-state index is 4.33. The van der Waals surface area contributed by atoms with Gasteiger partial charge in [-0.2, -0.15) is 0 Å². The minimum Gasteiger partial charge on any atom is -0.366 e. The average Bonchev–Trinajstić information content (AvgIpc) is 2.29. The molecule has 3 heteroatoms. The summed E-state index contributed by atoms with van der Waals surface area (Å²) in [7, 11) is 0. The Morgan fingerprint density at radius 3 is 2.50 bits per heavy atom. The lowest BCUT2D eigenvalue weighted by Gasteiger charge is -2.19. The standard InChI is InChI=1S/C13H23N3/c1-4-6-8-12(7-5-2)16-13-11(3)14-9-10-15-13/h9-10,12H,4-8H2,1-3H3,(H,15,16). The molecule has 0 saturated carbocycles. The highest BCUT2D eigenvalue weighted by Crippen LogP contribution is 2.14. The number of nitrogens with zero attached hydrogens (tertiary/aromatic N) is 2. The molecule has 1 N–H and O–H groups in total. The van der Waals surface area contributed by atoms with Gasteiger partial charge >= 0.3 is 0 Å². The monoisotopic (exact) mass is 221 g/mol. The summed E-state index contributed by atoms with van der Waals surface area (Å²) in [5, 5.41) is 3.51. The highest BCUT2D eigenvalue weighted by atomic mass is 15.0. The van der Waals surface area contributed by atoms with Crippen LogP contribution in [0.5, 0.6) is 0 Å². The number of rotatable bonds is 7. The Labute approximate surface area is 98.7 Å². The van der Waals surface area contributed by atoms with Crippen LogP contribution in [0.25, 0.3) is 0 Å². The van der Waals surface area contributed by atoms with E-state index in [-0.39, 0.29) is 0 Å². The van der Waals surface area contributed by atoms with Crippen molar-refractivity contribution in [3.05, 3.63) is 18.1 Å². The minimum absolute atomic E-state index is 0.542. The first-order valence-electron chi connectivity index (χ1n) is 6.32. The summed E-state index contributed by atoms with van der Waals surface area (Å²) < 4.78 is 0. The molecule has 16 heavy (non-hydrogen) atoms. The van der Waals surface area contributed by atoms with Crippen LogP contribution in [0.2, 0.25) is 0 Å². The maximum absolute atomic E-state index is 4.33. The average molecular weight is 221 g/mol. The van der Waals surface area contributed by atoms with Gasteiger partial charge in [-0.3, -0.25) is 4.98 Å². The Morgan fingerprint density at radius 1 is 1.12 bits per heavy atom. The van der Waals surface area contributed by atoms with Gasteiger partial charge in [0.1, 0.15) is 5.82 Å². The molecule has 0 amide bonds. The van der Waals surface area contributed by atoms with E-state index in [1.165, 1.54) is 32.1 Å². The molecule has 0 aliphatic heterocycles. The number of unbranched alkanes of at least 4 members (excludes halogenated alkanes) is 1. The van der Waals surface area contributed by atoms with E-state index in [1.54, 1.807) is 12.4 Å². The van der Waals surface area contributed by atoms with Gasteiger partial charge in [-0.25, -0.2) is 4.98 Å². The van der Waals surface area contributed by atoms with Crippen LogP contribution in [-0.4, -0.2) is 16.0 Å². The van der Waals surface area contributed by atoms with Gasteiger partial charge in [0.2, 0.25) is 0 Å². The molecule has 0 radical (unpaired) electrons. The molecule has 1 unspecified atom stereocenters. The van der Waals surface area contributed by atoms with Gasteiger partial charge in [-0.15, -0.1) is 0 Å². The summed E-state index contributed by atoms with van der Waals surface area (Å²) >= 11 is 0. The predicted octanol–water partition coefficient (Wildman–Crippen LogP) is 3.56. The third-order valence-corrected chi connectivity index (χ3v) is 2.77. The second-order valence-corrected chi connectivity index (χ2v) is 4.26. The molecule has 1 aromatic heterocycles. The third-order valence-electron chi connectivity index (χ3n) is 2.77. The Morgan fingerprint density at radius 2 is 1.88 bits per heavy atom. The van der Waals surface area contributed by atoms with Gasteiger partial charge in [-0.05, 0) is 19.8 Å². The van der Waals surface area contributed by atoms with Crippen LogP contribution in [-0.2, 0) is 0 Å². The van der Waals surface area contributed by atoms with E-state index >= 15 is 0 Å². The summed E-state index contributed by atoms with van der Waals surface area (Å²) in [6.45, 7) is 6.46. The van der Waals surface area contributed by atoms with Crippen molar-refractivity contribution in [1.82, 2.24) is 9.97 Å². The van der Waals surface area contributed by atoms with Gasteiger partial charge in [0.15, 0.2) is 0 Å². The number of aromatic nitrogens is 2. The van der Waals surface area contributed by atoms with Crippen LogP contribution in [0.15, 0.2) is 12.4 Å². The van der Waals surface area contributed by atoms with E-state index < -0.39 is 0 Å². The SMILES string of the molecule is CCCCC(CCC)Nc1nccnc1C. The second kappa shape index (κ2) is 7.20. The molecule has 0 aromatic carbocycles. The number of anilines is 1. The molecule has 90 valence electrons. The fraction of sp³-hybridized carbons (Fsp3) is 0.692. The van der Waals surface area contributed by atoms with Crippen molar-refractivity contribution < 1.29 is 0 Å². The molecule has 3 nitrogen and oxygen atoms in total. The number of nitrogens with one attached hydrogen (secondary N) is 1. The van der Waals surface area contributed by atoms with Gasteiger partial charge in [-0.1, -0.05) is 33.1 Å². The van der Waals surface area contributed by atoms with E-state index in [0.717, 1.165) is 11.5 Å². The Balaban J connectivity index is 2.56. The third kappa shape index (κ3) is 4.17. The zero-order valence-electron chi connectivity index (χ0n) is 10.7. The lowest BCUT2D eigenvalue weighted by Crippen LogP contribution is -2.20. The van der Waals surface area contributed by atoms with Gasteiger partial charge in [0.25, 0.3) is 0 Å². The van der Waals surface area contributed by atoms with Crippen LogP contribution in [0.3, 0.4) is 0 Å². The fourth-order valence-corrected chi connectivity index (χ4v) is 1.83. The minimum atomic E-state index is 0.542. The van der Waals surface area contributed by atoms with Crippen molar-refractivity contribution in [2.45, 2.75) is 58.9 Å². The van der Waals surface area contributed by atoms with E-state index in [0.29, 0.717) is 6.04 Å². The zero-order chi connectivity index (χ0) is 11.8. The van der Waals surface area contributed by atoms with Crippen molar-refractivity contribution in [3.8, 4) is 0 Å². The van der Waals surface area contributed by atoms with Crippen molar-refractivity contribution in [2.75, 3.05) is 5.32 Å². The predicted molar refractivity (Wildman–Crippen MR) is 68.6 cm³/mol. The zero-order valence-corrected chi connectivity index (χ0v) is 10.7. The maximum Gasteiger partial charge on any atom is 0.147 e. The summed E-state index contributed by atoms with van der Waals surface area (Å²) in [4.78, 5) is 8.58. The van der Waals surface area contributed by atoms with Crippen molar-refractivity contribution in [2.24, 2.45) is 0 Å². The molecule has 0 fully saturated rings. The Bertz CT molecular complexity index is 299. The normalized spacial score (nSPS) is 12.4. The van der Waals surface area contributed by atoms with E-state index in [4.69, 9.17) is 0 Å². The summed E-state index contributed by atoms with van der Waals surface area (Å²) in [5.74, 6) is 0.942. The Kier molecular flexibility index (Phi) is 5.83. The molecular weight excluding hydrogens is 198 g/mol. The molecule has 0 saturated heterocycles. The molecule has 0 aliphatic carbocycles. The van der Waals surface area contributed by atoms with Crippen LogP contribution in [0.1, 0.15) is 51.6 Å². The van der Waals surface area contributed by atoms with Crippen LogP contribution >= 0.6 is 0 Å². The van der Waals surface area contributed by atoms with Gasteiger partial charge in [0.05, 0.1) is 5.69 Å². The topological polar surface area (TPSA) is 37.8 Å². The largest absolute Gasteiger partial charge is 0.366 e. The highest BCUT2D eigenvalue weighted by molar-refractivity contribution is 5.39. The first-order chi connectivity index (χ1) is 7.77. The van der Waals surface area contributed by atoms with Crippen LogP contribution in [0.4, 0.5) is 5.82 Å². The van der Waals surface area contributed by atoms with Gasteiger partial charge in [0, 0.05) is 18.4 Å². The molecule has 1 aromatic rings. The summed E-state index contributed by atoms with van der Waals surface area (Å²) in [6, 6.07) is 0.542. The van der Waals surface area contributed by atoms with E-state index in [9.17, 15) is 0 Å². The lowest BCUT2D eigenvalue weighted by molar-refractivity contribution is 0.562. The van der Waals surface area contributed by atoms with Gasteiger partial charge < -0.3 is 5.32 Å². The first-order valence-corrected chi connectivity index (χ1v) is 6.32. The first kappa shape index (κ1) is 12.9. The second-order valence-electron chi connectivity index (χ2n) is 4.26. The van der Waals surface area contributed by atoms with Crippen molar-refractivity contribution >= 4 is 5.82 Å². The number of hydrogen-bond donors (Lipinski definition) is 1. The summed E-state index contributed by atoms with van der Waals surface area (Å²) in [6.07, 6.45) is 9.65. The number of hydrogen-bond acceptors (Lipinski definition) is 3. The van der Waals surface area contributed by atoms with E-state index in [1.807, 2.05) is 6.92 Å². The summed E-state index contributed by atoms with van der Waals surface area (Å²) in [5.41, 5.74) is 0.986. The molecule has 1 atom stereocenters. The molecule has 1 rings (SSSR count). The van der Waals surface area contributed by atoms with Crippen LogP contribution in [0, 0.1) is 6.92 Å². The highest BCUT2D eigenvalue weighted by Gasteiger charge is 2.09. The molecule has 0 spiro atoms. The van der Waals surface area contributed by atoms with E-state index in [2.05, 4.69) is 29.1 Å². The Hall–Kier alpha value is -1.12. The molecule has 0 bridgehead atoms. The van der Waals surface area contributed by atoms with Crippen LogP contribution < -0.4 is 5.32 Å². The molecule has 1 heterocycles. The van der Waals surface area contributed by atoms with Crippen molar-refractivity contribution in [3.63, 3.8) is 0 Å². The van der Waals surface area contributed by atoms with Crippen molar-refractivity contribution in [1.29, 1.82) is 0 Å². The smallest absolute Gasteiger partial charge is 0.147 e. The quantitative estimate of drug-likeness (QED) is 0.765.